The molecule has 1 aromatic heterocycles. The van der Waals surface area contributed by atoms with Crippen LogP contribution in [0.1, 0.15) is 35.8 Å². The van der Waals surface area contributed by atoms with Gasteiger partial charge in [-0.05, 0) is 55.7 Å². The number of amides is 1. The Morgan fingerprint density at radius 3 is 2.46 bits per heavy atom. The first-order valence-corrected chi connectivity index (χ1v) is 12.5. The zero-order valence-electron chi connectivity index (χ0n) is 21.4. The number of anilines is 1. The third-order valence-electron chi connectivity index (χ3n) is 5.81. The molecule has 0 aliphatic carbocycles. The first kappa shape index (κ1) is 27.1. The molecule has 0 aliphatic rings. The van der Waals surface area contributed by atoms with Gasteiger partial charge in [0, 0.05) is 16.7 Å². The number of ketones is 1. The summed E-state index contributed by atoms with van der Waals surface area (Å²) >= 11 is 0. The molecule has 3 aromatic carbocycles. The van der Waals surface area contributed by atoms with Crippen LogP contribution in [0.2, 0.25) is 0 Å². The van der Waals surface area contributed by atoms with E-state index in [9.17, 15) is 19.7 Å². The second kappa shape index (κ2) is 13.0. The van der Waals surface area contributed by atoms with Gasteiger partial charge in [-0.15, -0.1) is 0 Å². The molecule has 0 aliphatic heterocycles. The smallest absolute Gasteiger partial charge is 0.286 e. The molecule has 0 atom stereocenters. The fourth-order valence-electron chi connectivity index (χ4n) is 3.88. The number of hydrogen-bond acceptors (Lipinski definition) is 7. The fourth-order valence-corrected chi connectivity index (χ4v) is 3.88. The van der Waals surface area contributed by atoms with Crippen molar-refractivity contribution >= 4 is 34.1 Å². The Bertz CT molecular complexity index is 1530. The van der Waals surface area contributed by atoms with Crippen molar-refractivity contribution in [3.05, 3.63) is 106 Å². The zero-order chi connectivity index (χ0) is 27.6. The number of hydrogen-bond donors (Lipinski definition) is 1. The Hall–Kier alpha value is -4.99. The van der Waals surface area contributed by atoms with Crippen molar-refractivity contribution in [1.29, 1.82) is 0 Å². The van der Waals surface area contributed by atoms with E-state index in [-0.39, 0.29) is 23.4 Å². The largest absolute Gasteiger partial charge is 0.805 e. The summed E-state index contributed by atoms with van der Waals surface area (Å²) in [6, 6.07) is 22.7. The molecule has 1 N–H and O–H groups in total. The molecule has 39 heavy (non-hydrogen) atoms. The van der Waals surface area contributed by atoms with Crippen LogP contribution in [-0.2, 0) is 16.1 Å². The van der Waals surface area contributed by atoms with E-state index in [1.165, 1.54) is 12.1 Å². The number of fused-ring (bicyclic) bond motifs is 1. The van der Waals surface area contributed by atoms with Crippen LogP contribution in [0.25, 0.3) is 11.0 Å². The second-order valence-corrected chi connectivity index (χ2v) is 8.60. The van der Waals surface area contributed by atoms with E-state index in [4.69, 9.17) is 9.57 Å². The molecule has 4 rings (SSSR count). The molecule has 10 nitrogen and oxygen atoms in total. The number of nitrogens with one attached hydrogen (secondary N) is 1. The summed E-state index contributed by atoms with van der Waals surface area (Å²) in [5.74, 6) is -0.791. The number of carbonyl (C=O) groups is 2. The van der Waals surface area contributed by atoms with Crippen LogP contribution < -0.4 is 14.5 Å². The number of para-hydroxylation sites is 2. The third kappa shape index (κ3) is 7.07. The van der Waals surface area contributed by atoms with Gasteiger partial charge < -0.3 is 24.8 Å². The van der Waals surface area contributed by atoms with E-state index in [2.05, 4.69) is 10.5 Å². The quantitative estimate of drug-likeness (QED) is 0.0947. The highest BCUT2D eigenvalue weighted by molar-refractivity contribution is 6.46. The molecule has 1 heterocycles. The lowest BCUT2D eigenvalue weighted by atomic mass is 10.1. The number of aryl methyl sites for hydroxylation is 1. The standard InChI is InChI=1S/C29H28N4O6/c1-2-38-23-16-14-22(15-17-23)30-29(35)24(31-39-18-8-11-21-9-4-3-5-10-21)19-28(34)27-20-32(36)25-12-6-7-13-26(25)33(27)37/h3-7,9-10,12-17,20H,2,8,11,18-19H2,1H3,(H,30,35)/b31-24-. The Balaban J connectivity index is 1.51. The maximum absolute atomic E-state index is 13.1. The van der Waals surface area contributed by atoms with Crippen molar-refractivity contribution in [2.75, 3.05) is 18.5 Å². The fraction of sp³-hybridized carbons (Fsp3) is 0.207. The topological polar surface area (TPSA) is 128 Å². The van der Waals surface area contributed by atoms with Crippen molar-refractivity contribution in [3.63, 3.8) is 0 Å². The van der Waals surface area contributed by atoms with E-state index < -0.39 is 23.8 Å². The molecule has 10 heteroatoms. The van der Waals surface area contributed by atoms with Gasteiger partial charge in [0.15, 0.2) is 17.2 Å². The van der Waals surface area contributed by atoms with Gasteiger partial charge in [0.25, 0.3) is 17.6 Å². The normalized spacial score (nSPS) is 11.3. The maximum atomic E-state index is 13.1. The van der Waals surface area contributed by atoms with Crippen LogP contribution in [0.4, 0.5) is 5.69 Å². The van der Waals surface area contributed by atoms with Gasteiger partial charge in [-0.1, -0.05) is 47.6 Å². The number of benzene rings is 3. The maximum Gasteiger partial charge on any atom is 0.286 e. The van der Waals surface area contributed by atoms with Crippen LogP contribution in [-0.4, -0.2) is 35.3 Å². The van der Waals surface area contributed by atoms with Crippen LogP contribution in [0.5, 0.6) is 5.75 Å². The number of rotatable bonds is 12. The van der Waals surface area contributed by atoms with Crippen LogP contribution >= 0.6 is 0 Å². The summed E-state index contributed by atoms with van der Waals surface area (Å²) < 4.78 is 6.25. The average Bonchev–Trinajstić information content (AvgIpc) is 2.95. The van der Waals surface area contributed by atoms with Gasteiger partial charge in [0.05, 0.1) is 17.5 Å². The number of Topliss-reactive ketones (excluding diaryl/α,β-unsaturated/α-hetero) is 1. The summed E-state index contributed by atoms with van der Waals surface area (Å²) in [6.45, 7) is 2.58. The number of ether oxygens (including phenoxy) is 1. The van der Waals surface area contributed by atoms with E-state index in [0.717, 1.165) is 18.2 Å². The van der Waals surface area contributed by atoms with E-state index in [0.29, 0.717) is 33.6 Å². The minimum Gasteiger partial charge on any atom is -0.805 e. The highest BCUT2D eigenvalue weighted by Crippen LogP contribution is 2.17. The average molecular weight is 529 g/mol. The molecule has 0 fully saturated rings. The lowest BCUT2D eigenvalue weighted by Crippen LogP contribution is -2.28. The van der Waals surface area contributed by atoms with Gasteiger partial charge in [0.1, 0.15) is 17.9 Å². The van der Waals surface area contributed by atoms with Gasteiger partial charge >= 0.3 is 0 Å². The Morgan fingerprint density at radius 2 is 1.72 bits per heavy atom. The molecule has 200 valence electrons. The first-order chi connectivity index (χ1) is 19.0. The van der Waals surface area contributed by atoms with Crippen molar-refractivity contribution in [2.24, 2.45) is 5.16 Å². The van der Waals surface area contributed by atoms with Crippen molar-refractivity contribution in [1.82, 2.24) is 4.73 Å². The van der Waals surface area contributed by atoms with Crippen molar-refractivity contribution in [2.45, 2.75) is 26.2 Å². The summed E-state index contributed by atoms with van der Waals surface area (Å²) in [7, 11) is 0. The van der Waals surface area contributed by atoms with E-state index >= 15 is 0 Å². The Kier molecular flexibility index (Phi) is 9.02. The predicted octanol–water partition coefficient (Wildman–Crippen LogP) is 4.52. The molecular weight excluding hydrogens is 500 g/mol. The van der Waals surface area contributed by atoms with Gasteiger partial charge in [0.2, 0.25) is 0 Å². The molecule has 0 spiro atoms. The highest BCUT2D eigenvalue weighted by atomic mass is 16.6. The Labute approximate surface area is 224 Å². The molecule has 0 saturated heterocycles. The second-order valence-electron chi connectivity index (χ2n) is 8.60. The number of oxime groups is 1. The molecule has 0 unspecified atom stereocenters. The molecule has 4 aromatic rings. The SMILES string of the molecule is CCOc1ccc(NC(=O)/C(CC(=O)c2c[n+](=O)c3ccccc3n2[O-])=N\OCCCc2ccccc2)cc1. The van der Waals surface area contributed by atoms with Crippen molar-refractivity contribution in [3.8, 4) is 5.75 Å². The molecular formula is C29H28N4O6. The zero-order valence-corrected chi connectivity index (χ0v) is 21.4. The predicted molar refractivity (Wildman–Crippen MR) is 147 cm³/mol. The summed E-state index contributed by atoms with van der Waals surface area (Å²) in [5, 5.41) is 19.5. The van der Waals surface area contributed by atoms with E-state index in [1.54, 1.807) is 36.4 Å². The number of aromatic nitrogens is 2. The first-order valence-electron chi connectivity index (χ1n) is 12.5. The summed E-state index contributed by atoms with van der Waals surface area (Å²) in [4.78, 5) is 44.0. The number of carbonyl (C=O) groups excluding carboxylic acids is 2. The van der Waals surface area contributed by atoms with Crippen LogP contribution in [0.15, 0.2) is 90.2 Å². The lowest BCUT2D eigenvalue weighted by molar-refractivity contribution is -0.464. The third-order valence-corrected chi connectivity index (χ3v) is 5.81. The monoisotopic (exact) mass is 528 g/mol. The summed E-state index contributed by atoms with van der Waals surface area (Å²) in [5.41, 5.74) is 1.10. The van der Waals surface area contributed by atoms with Crippen molar-refractivity contribution < 1.29 is 23.6 Å². The van der Waals surface area contributed by atoms with E-state index in [1.807, 2.05) is 37.3 Å². The molecule has 0 saturated carbocycles. The molecule has 0 radical (unpaired) electrons. The molecule has 0 bridgehead atoms. The van der Waals surface area contributed by atoms with Crippen LogP contribution in [0, 0.1) is 10.1 Å². The van der Waals surface area contributed by atoms with Gasteiger partial charge in [-0.25, -0.2) is 0 Å². The number of nitrogens with zero attached hydrogens (tertiary/aromatic N) is 3. The molecule has 1 amide bonds. The minimum atomic E-state index is -0.756. The van der Waals surface area contributed by atoms with Crippen LogP contribution in [0.3, 0.4) is 0 Å². The minimum absolute atomic E-state index is 0.0350. The highest BCUT2D eigenvalue weighted by Gasteiger charge is 2.23. The Morgan fingerprint density at radius 1 is 1.00 bits per heavy atom. The van der Waals surface area contributed by atoms with Gasteiger partial charge in [-0.3, -0.25) is 9.59 Å². The lowest BCUT2D eigenvalue weighted by Gasteiger charge is -2.16. The summed E-state index contributed by atoms with van der Waals surface area (Å²) in [6.07, 6.45) is 1.74. The van der Waals surface area contributed by atoms with Gasteiger partial charge in [-0.2, -0.15) is 0 Å².